The molecule has 0 aliphatic carbocycles. The summed E-state index contributed by atoms with van der Waals surface area (Å²) in [4.78, 5) is 24.3. The monoisotopic (exact) mass is 432 g/mol. The first-order valence-corrected chi connectivity index (χ1v) is 10.2. The minimum Gasteiger partial charge on any atom is -0.482 e. The molecule has 1 heterocycles. The summed E-state index contributed by atoms with van der Waals surface area (Å²) in [6, 6.07) is 12.2. The van der Waals surface area contributed by atoms with E-state index in [0.29, 0.717) is 11.1 Å². The molecule has 0 unspecified atom stereocenters. The number of hydrogen-bond donors (Lipinski definition) is 2. The summed E-state index contributed by atoms with van der Waals surface area (Å²) >= 11 is 0. The maximum Gasteiger partial charge on any atom is 0.287 e. The van der Waals surface area contributed by atoms with Crippen LogP contribution in [-0.2, 0) is 23.2 Å². The second-order valence-corrected chi connectivity index (χ2v) is 7.82. The normalized spacial score (nSPS) is 11.1. The van der Waals surface area contributed by atoms with E-state index >= 15 is 0 Å². The summed E-state index contributed by atoms with van der Waals surface area (Å²) in [6.07, 6.45) is 1.03. The number of rotatable bonds is 7. The molecule has 0 radical (unpaired) electrons. The predicted octanol–water partition coefficient (Wildman–Crippen LogP) is 1.94. The molecule has 0 aliphatic heterocycles. The Hall–Kier alpha value is -3.50. The first kappa shape index (κ1) is 21.2. The molecule has 156 valence electrons. The molecule has 0 saturated heterocycles. The Morgan fingerprint density at radius 1 is 1.07 bits per heavy atom. The largest absolute Gasteiger partial charge is 0.482 e. The average molecular weight is 432 g/mol. The van der Waals surface area contributed by atoms with Gasteiger partial charge in [0, 0.05) is 12.6 Å². The third-order valence-corrected chi connectivity index (χ3v) is 4.96. The van der Waals surface area contributed by atoms with Crippen molar-refractivity contribution in [3.05, 3.63) is 93.8 Å². The van der Waals surface area contributed by atoms with Crippen LogP contribution in [0.1, 0.15) is 21.7 Å². The summed E-state index contributed by atoms with van der Waals surface area (Å²) in [7, 11) is -3.79. The lowest BCUT2D eigenvalue weighted by Crippen LogP contribution is -2.24. The molecular weight excluding hydrogens is 415 g/mol. The lowest BCUT2D eigenvalue weighted by Gasteiger charge is -2.07. The van der Waals surface area contributed by atoms with E-state index in [0.717, 1.165) is 12.3 Å². The van der Waals surface area contributed by atoms with E-state index in [-0.39, 0.29) is 35.4 Å². The highest BCUT2D eigenvalue weighted by atomic mass is 32.2. The smallest absolute Gasteiger partial charge is 0.287 e. The molecule has 0 fully saturated rings. The summed E-state index contributed by atoms with van der Waals surface area (Å²) in [6.45, 7) is 0.112. The molecule has 8 nitrogen and oxygen atoms in total. The van der Waals surface area contributed by atoms with Crippen molar-refractivity contribution in [2.75, 3.05) is 0 Å². The minimum absolute atomic E-state index is 0.0328. The zero-order valence-electron chi connectivity index (χ0n) is 15.5. The van der Waals surface area contributed by atoms with Crippen molar-refractivity contribution in [2.24, 2.45) is 5.14 Å². The third kappa shape index (κ3) is 5.52. The Kier molecular flexibility index (Phi) is 6.28. The number of carbonyl (C=O) groups excluding carboxylic acids is 1. The van der Waals surface area contributed by atoms with Crippen molar-refractivity contribution < 1.29 is 26.8 Å². The van der Waals surface area contributed by atoms with E-state index in [1.165, 1.54) is 48.5 Å². The molecule has 2 aromatic carbocycles. The van der Waals surface area contributed by atoms with Crippen LogP contribution in [0.3, 0.4) is 0 Å². The standard InChI is InChI=1S/C20H17FN2O6S/c21-15-5-1-14(2-6-15)11-28-19-12-29-18(9-17(19)24)20(25)23-10-13-3-7-16(8-4-13)30(22,26)27/h1-9,12H,10-11H2,(H,23,25)(H2,22,26,27). The molecule has 0 aliphatic rings. The van der Waals surface area contributed by atoms with Gasteiger partial charge in [-0.2, -0.15) is 0 Å². The number of carbonyl (C=O) groups is 1. The van der Waals surface area contributed by atoms with Crippen LogP contribution in [-0.4, -0.2) is 14.3 Å². The van der Waals surface area contributed by atoms with Crippen LogP contribution in [0.15, 0.2) is 75.0 Å². The van der Waals surface area contributed by atoms with Crippen molar-refractivity contribution in [3.63, 3.8) is 0 Å². The zero-order valence-corrected chi connectivity index (χ0v) is 16.3. The second-order valence-electron chi connectivity index (χ2n) is 6.26. The fourth-order valence-electron chi connectivity index (χ4n) is 2.43. The van der Waals surface area contributed by atoms with Crippen LogP contribution in [0, 0.1) is 5.82 Å². The number of ether oxygens (including phenoxy) is 1. The molecular formula is C20H17FN2O6S. The van der Waals surface area contributed by atoms with Crippen LogP contribution < -0.4 is 20.6 Å². The summed E-state index contributed by atoms with van der Waals surface area (Å²) in [5, 5.41) is 7.58. The quantitative estimate of drug-likeness (QED) is 0.587. The van der Waals surface area contributed by atoms with E-state index in [4.69, 9.17) is 14.3 Å². The molecule has 1 aromatic heterocycles. The number of sulfonamides is 1. The number of primary sulfonamides is 1. The van der Waals surface area contributed by atoms with Gasteiger partial charge >= 0.3 is 0 Å². The highest BCUT2D eigenvalue weighted by molar-refractivity contribution is 7.89. The molecule has 0 spiro atoms. The molecule has 30 heavy (non-hydrogen) atoms. The number of amides is 1. The van der Waals surface area contributed by atoms with Crippen LogP contribution in [0.4, 0.5) is 4.39 Å². The minimum atomic E-state index is -3.79. The van der Waals surface area contributed by atoms with Crippen molar-refractivity contribution in [2.45, 2.75) is 18.0 Å². The van der Waals surface area contributed by atoms with Crippen LogP contribution in [0.25, 0.3) is 0 Å². The van der Waals surface area contributed by atoms with Gasteiger partial charge in [-0.1, -0.05) is 24.3 Å². The lowest BCUT2D eigenvalue weighted by atomic mass is 10.2. The summed E-state index contributed by atoms with van der Waals surface area (Å²) in [5.74, 6) is -1.31. The van der Waals surface area contributed by atoms with Crippen LogP contribution >= 0.6 is 0 Å². The molecule has 3 rings (SSSR count). The SMILES string of the molecule is NS(=O)(=O)c1ccc(CNC(=O)c2cc(=O)c(OCc3ccc(F)cc3)co2)cc1. The summed E-state index contributed by atoms with van der Waals surface area (Å²) in [5.41, 5.74) is 0.731. The molecule has 3 aromatic rings. The van der Waals surface area contributed by atoms with E-state index < -0.39 is 21.4 Å². The number of benzene rings is 2. The number of halogens is 1. The maximum atomic E-state index is 12.9. The molecule has 0 bridgehead atoms. The predicted molar refractivity (Wildman–Crippen MR) is 105 cm³/mol. The van der Waals surface area contributed by atoms with Gasteiger partial charge in [-0.05, 0) is 35.4 Å². The van der Waals surface area contributed by atoms with Crippen molar-refractivity contribution in [1.82, 2.24) is 5.32 Å². The van der Waals surface area contributed by atoms with Gasteiger partial charge in [-0.3, -0.25) is 9.59 Å². The second kappa shape index (κ2) is 8.89. The van der Waals surface area contributed by atoms with E-state index in [2.05, 4.69) is 5.32 Å². The average Bonchev–Trinajstić information content (AvgIpc) is 2.72. The van der Waals surface area contributed by atoms with Crippen LogP contribution in [0.5, 0.6) is 5.75 Å². The number of nitrogens with one attached hydrogen (secondary N) is 1. The van der Waals surface area contributed by atoms with Gasteiger partial charge in [0.1, 0.15) is 18.7 Å². The fourth-order valence-corrected chi connectivity index (χ4v) is 2.95. The molecule has 0 saturated carbocycles. The van der Waals surface area contributed by atoms with E-state index in [1.807, 2.05) is 0 Å². The zero-order chi connectivity index (χ0) is 21.7. The van der Waals surface area contributed by atoms with E-state index in [9.17, 15) is 22.4 Å². The van der Waals surface area contributed by atoms with Gasteiger partial charge < -0.3 is 14.5 Å². The highest BCUT2D eigenvalue weighted by Crippen LogP contribution is 2.11. The Labute approximate surface area is 171 Å². The molecule has 1 amide bonds. The van der Waals surface area contributed by atoms with Gasteiger partial charge in [0.15, 0.2) is 5.76 Å². The van der Waals surface area contributed by atoms with Crippen molar-refractivity contribution in [3.8, 4) is 5.75 Å². The number of nitrogens with two attached hydrogens (primary N) is 1. The Morgan fingerprint density at radius 3 is 2.30 bits per heavy atom. The fraction of sp³-hybridized carbons (Fsp3) is 0.100. The topological polar surface area (TPSA) is 129 Å². The van der Waals surface area contributed by atoms with Gasteiger partial charge in [0.2, 0.25) is 21.2 Å². The lowest BCUT2D eigenvalue weighted by molar-refractivity contribution is 0.0919. The van der Waals surface area contributed by atoms with Gasteiger partial charge in [0.05, 0.1) is 4.90 Å². The van der Waals surface area contributed by atoms with Gasteiger partial charge in [-0.15, -0.1) is 0 Å². The highest BCUT2D eigenvalue weighted by Gasteiger charge is 2.13. The summed E-state index contributed by atoms with van der Waals surface area (Å²) < 4.78 is 45.9. The Balaban J connectivity index is 1.59. The van der Waals surface area contributed by atoms with E-state index in [1.54, 1.807) is 0 Å². The first-order chi connectivity index (χ1) is 14.2. The van der Waals surface area contributed by atoms with Crippen molar-refractivity contribution in [1.29, 1.82) is 0 Å². The third-order valence-electron chi connectivity index (χ3n) is 4.03. The van der Waals surface area contributed by atoms with Gasteiger partial charge in [-0.25, -0.2) is 17.9 Å². The molecule has 3 N–H and O–H groups in total. The first-order valence-electron chi connectivity index (χ1n) is 8.62. The Morgan fingerprint density at radius 2 is 1.70 bits per heavy atom. The molecule has 0 atom stereocenters. The van der Waals surface area contributed by atoms with Crippen molar-refractivity contribution >= 4 is 15.9 Å². The maximum absolute atomic E-state index is 12.9. The van der Waals surface area contributed by atoms with Crippen LogP contribution in [0.2, 0.25) is 0 Å². The number of hydrogen-bond acceptors (Lipinski definition) is 6. The Bertz CT molecular complexity index is 1210. The molecule has 10 heteroatoms. The van der Waals surface area contributed by atoms with Gasteiger partial charge in [0.25, 0.3) is 5.91 Å².